The minimum atomic E-state index is -0.464. The molecule has 6 nitrogen and oxygen atoms in total. The van der Waals surface area contributed by atoms with Gasteiger partial charge < -0.3 is 14.7 Å². The molecule has 0 radical (unpaired) electrons. The summed E-state index contributed by atoms with van der Waals surface area (Å²) in [5, 5.41) is 0.534. The molecule has 0 aromatic heterocycles. The van der Waals surface area contributed by atoms with Crippen LogP contribution in [0.25, 0.3) is 0 Å². The van der Waals surface area contributed by atoms with E-state index >= 15 is 0 Å². The number of benzene rings is 1. The van der Waals surface area contributed by atoms with E-state index in [1.165, 1.54) is 4.90 Å². The molecule has 26 heavy (non-hydrogen) atoms. The molecule has 2 aliphatic rings. The van der Waals surface area contributed by atoms with Crippen molar-refractivity contribution in [2.45, 2.75) is 18.9 Å². The number of hydrogen-bond donors (Lipinski definition) is 0. The number of piperidine rings is 1. The van der Waals surface area contributed by atoms with Crippen molar-refractivity contribution in [3.63, 3.8) is 0 Å². The normalized spacial score (nSPS) is 19.0. The van der Waals surface area contributed by atoms with Crippen LogP contribution in [0.15, 0.2) is 36.9 Å². The van der Waals surface area contributed by atoms with E-state index in [9.17, 15) is 14.4 Å². The van der Waals surface area contributed by atoms with Crippen molar-refractivity contribution in [3.8, 4) is 0 Å². The summed E-state index contributed by atoms with van der Waals surface area (Å²) < 4.78 is 0. The average Bonchev–Trinajstić information content (AvgIpc) is 2.65. The largest absolute Gasteiger partial charge is 0.338 e. The second-order valence-corrected chi connectivity index (χ2v) is 7.01. The van der Waals surface area contributed by atoms with Gasteiger partial charge in [0.15, 0.2) is 0 Å². The van der Waals surface area contributed by atoms with E-state index in [0.717, 1.165) is 0 Å². The van der Waals surface area contributed by atoms with Crippen LogP contribution in [-0.4, -0.2) is 71.2 Å². The fourth-order valence-electron chi connectivity index (χ4n) is 3.55. The maximum Gasteiger partial charge on any atom is 0.312 e. The molecule has 2 heterocycles. The molecule has 7 heteroatoms. The van der Waals surface area contributed by atoms with Crippen molar-refractivity contribution >= 4 is 29.3 Å². The summed E-state index contributed by atoms with van der Waals surface area (Å²) in [5.41, 5.74) is 0.570. The van der Waals surface area contributed by atoms with Crippen LogP contribution in [0.1, 0.15) is 23.2 Å². The summed E-state index contributed by atoms with van der Waals surface area (Å²) >= 11 is 5.96. The molecule has 0 aliphatic carbocycles. The van der Waals surface area contributed by atoms with Crippen molar-refractivity contribution in [1.82, 2.24) is 14.7 Å². The first-order valence-electron chi connectivity index (χ1n) is 8.77. The van der Waals surface area contributed by atoms with Gasteiger partial charge in [-0.05, 0) is 31.0 Å². The van der Waals surface area contributed by atoms with Gasteiger partial charge in [-0.25, -0.2) is 0 Å². The van der Waals surface area contributed by atoms with Crippen LogP contribution in [0, 0.1) is 0 Å². The molecule has 138 valence electrons. The van der Waals surface area contributed by atoms with Gasteiger partial charge in [-0.2, -0.15) is 0 Å². The summed E-state index contributed by atoms with van der Waals surface area (Å²) in [7, 11) is 0. The van der Waals surface area contributed by atoms with Crippen LogP contribution in [0.5, 0.6) is 0 Å². The minimum absolute atomic E-state index is 0.000687. The van der Waals surface area contributed by atoms with Gasteiger partial charge in [-0.1, -0.05) is 23.7 Å². The Balaban J connectivity index is 1.58. The number of rotatable bonds is 4. The molecule has 2 aliphatic heterocycles. The summed E-state index contributed by atoms with van der Waals surface area (Å²) in [6.45, 7) is 6.19. The molecular formula is C19H22ClN3O3. The van der Waals surface area contributed by atoms with Crippen molar-refractivity contribution in [1.29, 1.82) is 0 Å². The van der Waals surface area contributed by atoms with E-state index in [0.29, 0.717) is 56.2 Å². The van der Waals surface area contributed by atoms with Crippen LogP contribution in [0.4, 0.5) is 0 Å². The van der Waals surface area contributed by atoms with E-state index in [1.807, 2.05) is 0 Å². The Morgan fingerprint density at radius 1 is 1.15 bits per heavy atom. The highest BCUT2D eigenvalue weighted by Gasteiger charge is 2.37. The van der Waals surface area contributed by atoms with Gasteiger partial charge in [0.1, 0.15) is 0 Å². The Kier molecular flexibility index (Phi) is 5.61. The van der Waals surface area contributed by atoms with E-state index in [4.69, 9.17) is 11.6 Å². The summed E-state index contributed by atoms with van der Waals surface area (Å²) in [6.07, 6.45) is 2.97. The highest BCUT2D eigenvalue weighted by molar-refractivity contribution is 6.35. The fraction of sp³-hybridized carbons (Fsp3) is 0.421. The lowest BCUT2D eigenvalue weighted by Gasteiger charge is -2.41. The van der Waals surface area contributed by atoms with Crippen molar-refractivity contribution in [3.05, 3.63) is 47.5 Å². The Morgan fingerprint density at radius 3 is 2.54 bits per heavy atom. The molecular weight excluding hydrogens is 354 g/mol. The number of nitrogens with zero attached hydrogens (tertiary/aromatic N) is 3. The molecule has 3 amide bonds. The topological polar surface area (TPSA) is 60.9 Å². The smallest absolute Gasteiger partial charge is 0.312 e. The predicted molar refractivity (Wildman–Crippen MR) is 98.9 cm³/mol. The molecule has 0 saturated carbocycles. The minimum Gasteiger partial charge on any atom is -0.338 e. The first-order valence-corrected chi connectivity index (χ1v) is 9.14. The highest BCUT2D eigenvalue weighted by atomic mass is 35.5. The first kappa shape index (κ1) is 18.5. The van der Waals surface area contributed by atoms with Gasteiger partial charge in [0.05, 0.1) is 0 Å². The number of likely N-dealkylation sites (tertiary alicyclic amines) is 1. The molecule has 0 spiro atoms. The number of piperazine rings is 1. The van der Waals surface area contributed by atoms with E-state index < -0.39 is 11.8 Å². The van der Waals surface area contributed by atoms with Crippen molar-refractivity contribution < 1.29 is 14.4 Å². The standard InChI is InChI=1S/C19H22ClN3O3/c1-2-8-21-11-12-23(19(26)18(21)25)16-6-9-22(10-7-16)17(24)14-4-3-5-15(20)13-14/h2-5,13,16H,1,6-12H2. The number of carbonyl (C=O) groups excluding carboxylic acids is 3. The Labute approximate surface area is 158 Å². The van der Waals surface area contributed by atoms with E-state index in [1.54, 1.807) is 40.1 Å². The summed E-state index contributed by atoms with van der Waals surface area (Å²) in [5.74, 6) is -0.963. The number of carbonyl (C=O) groups is 3. The van der Waals surface area contributed by atoms with Crippen LogP contribution in [0.2, 0.25) is 5.02 Å². The van der Waals surface area contributed by atoms with Gasteiger partial charge in [0.2, 0.25) is 0 Å². The number of hydrogen-bond acceptors (Lipinski definition) is 3. The maximum atomic E-state index is 12.6. The predicted octanol–water partition coefficient (Wildman–Crippen LogP) is 1.80. The van der Waals surface area contributed by atoms with Crippen LogP contribution < -0.4 is 0 Å². The van der Waals surface area contributed by atoms with Crippen molar-refractivity contribution in [2.75, 3.05) is 32.7 Å². The zero-order chi connectivity index (χ0) is 18.7. The molecule has 1 aromatic carbocycles. The summed E-state index contributed by atoms with van der Waals surface area (Å²) in [4.78, 5) is 42.1. The lowest BCUT2D eigenvalue weighted by atomic mass is 10.0. The Bertz CT molecular complexity index is 728. The van der Waals surface area contributed by atoms with E-state index in [2.05, 4.69) is 6.58 Å². The van der Waals surface area contributed by atoms with Gasteiger partial charge in [-0.15, -0.1) is 6.58 Å². The molecule has 0 N–H and O–H groups in total. The second-order valence-electron chi connectivity index (χ2n) is 6.57. The third-order valence-electron chi connectivity index (χ3n) is 4.96. The van der Waals surface area contributed by atoms with Gasteiger partial charge in [-0.3, -0.25) is 14.4 Å². The Morgan fingerprint density at radius 2 is 1.88 bits per heavy atom. The van der Waals surface area contributed by atoms with Gasteiger partial charge in [0.25, 0.3) is 5.91 Å². The zero-order valence-corrected chi connectivity index (χ0v) is 15.3. The fourth-order valence-corrected chi connectivity index (χ4v) is 3.74. The molecule has 2 fully saturated rings. The number of halogens is 1. The molecule has 0 unspecified atom stereocenters. The van der Waals surface area contributed by atoms with Gasteiger partial charge in [0, 0.05) is 49.4 Å². The maximum absolute atomic E-state index is 12.6. The third-order valence-corrected chi connectivity index (χ3v) is 5.19. The lowest BCUT2D eigenvalue weighted by Crippen LogP contribution is -2.59. The second kappa shape index (κ2) is 7.91. The highest BCUT2D eigenvalue weighted by Crippen LogP contribution is 2.21. The first-order chi connectivity index (χ1) is 12.5. The molecule has 0 atom stereocenters. The monoisotopic (exact) mass is 375 g/mol. The third kappa shape index (κ3) is 3.75. The van der Waals surface area contributed by atoms with Crippen LogP contribution in [-0.2, 0) is 9.59 Å². The van der Waals surface area contributed by atoms with Gasteiger partial charge >= 0.3 is 11.8 Å². The molecule has 3 rings (SSSR count). The van der Waals surface area contributed by atoms with E-state index in [-0.39, 0.29) is 11.9 Å². The quantitative estimate of drug-likeness (QED) is 0.595. The zero-order valence-electron chi connectivity index (χ0n) is 14.6. The molecule has 0 bridgehead atoms. The Hall–Kier alpha value is -2.34. The molecule has 1 aromatic rings. The molecule has 2 saturated heterocycles. The van der Waals surface area contributed by atoms with Crippen molar-refractivity contribution in [2.24, 2.45) is 0 Å². The SMILES string of the molecule is C=CCN1CCN(C2CCN(C(=O)c3cccc(Cl)c3)CC2)C(=O)C1=O. The summed E-state index contributed by atoms with van der Waals surface area (Å²) in [6, 6.07) is 6.91. The average molecular weight is 376 g/mol. The lowest BCUT2D eigenvalue weighted by molar-refractivity contribution is -0.157. The van der Waals surface area contributed by atoms with Crippen LogP contribution in [0.3, 0.4) is 0 Å². The van der Waals surface area contributed by atoms with Crippen LogP contribution >= 0.6 is 11.6 Å². The number of amides is 3.